The van der Waals surface area contributed by atoms with Gasteiger partial charge in [0.25, 0.3) is 0 Å². The topological polar surface area (TPSA) is 29.9 Å². The summed E-state index contributed by atoms with van der Waals surface area (Å²) in [6.45, 7) is 2.28. The number of benzene rings is 1. The Morgan fingerprint density at radius 1 is 1.10 bits per heavy atom. The molecule has 1 fully saturated rings. The lowest BCUT2D eigenvalue weighted by molar-refractivity contribution is 0.460. The molecule has 0 spiro atoms. The summed E-state index contributed by atoms with van der Waals surface area (Å²) in [5.74, 6) is 0.701. The molecule has 1 saturated heterocycles. The molecule has 1 aliphatic rings. The smallest absolute Gasteiger partial charge is 0.0519 e. The van der Waals surface area contributed by atoms with Crippen LogP contribution in [0.1, 0.15) is 24.3 Å². The van der Waals surface area contributed by atoms with Gasteiger partial charge in [0.1, 0.15) is 0 Å². The van der Waals surface area contributed by atoms with Crippen LogP contribution in [-0.2, 0) is 7.05 Å². The maximum absolute atomic E-state index is 4.30. The third-order valence-electron chi connectivity index (χ3n) is 4.64. The lowest BCUT2D eigenvalue weighted by Crippen LogP contribution is -2.26. The van der Waals surface area contributed by atoms with Crippen LogP contribution in [0.3, 0.4) is 0 Å². The van der Waals surface area contributed by atoms with Crippen molar-refractivity contribution in [3.63, 3.8) is 0 Å². The average molecular weight is 265 g/mol. The van der Waals surface area contributed by atoms with Crippen LogP contribution < -0.4 is 5.32 Å². The van der Waals surface area contributed by atoms with E-state index < -0.39 is 0 Å². The fourth-order valence-electron chi connectivity index (χ4n) is 3.49. The minimum atomic E-state index is 0.701. The van der Waals surface area contributed by atoms with Gasteiger partial charge in [-0.2, -0.15) is 0 Å². The van der Waals surface area contributed by atoms with Crippen LogP contribution >= 0.6 is 0 Å². The van der Waals surface area contributed by atoms with E-state index in [0.717, 1.165) is 13.1 Å². The standard InChI is InChI=1S/C17H19N3/c1-20-16-3-2-13(12-4-7-18-8-5-12)10-14(16)15-11-19-9-6-17(15)20/h2-3,6,9-12,18H,4-5,7-8H2,1H3. The molecule has 3 nitrogen and oxygen atoms in total. The molecule has 1 aromatic carbocycles. The van der Waals surface area contributed by atoms with E-state index >= 15 is 0 Å². The Kier molecular flexibility index (Phi) is 2.74. The van der Waals surface area contributed by atoms with Crippen molar-refractivity contribution < 1.29 is 0 Å². The third kappa shape index (κ3) is 1.74. The Morgan fingerprint density at radius 2 is 1.90 bits per heavy atom. The second-order valence-corrected chi connectivity index (χ2v) is 5.75. The summed E-state index contributed by atoms with van der Waals surface area (Å²) in [4.78, 5) is 4.30. The Balaban J connectivity index is 1.92. The fraction of sp³-hybridized carbons (Fsp3) is 0.353. The highest BCUT2D eigenvalue weighted by Gasteiger charge is 2.16. The maximum atomic E-state index is 4.30. The Bertz CT molecular complexity index is 766. The van der Waals surface area contributed by atoms with E-state index in [2.05, 4.69) is 46.2 Å². The highest BCUT2D eigenvalue weighted by Crippen LogP contribution is 2.32. The van der Waals surface area contributed by atoms with E-state index in [1.165, 1.54) is 40.2 Å². The minimum Gasteiger partial charge on any atom is -0.344 e. The molecule has 0 unspecified atom stereocenters. The molecule has 2 aromatic heterocycles. The second-order valence-electron chi connectivity index (χ2n) is 5.75. The first-order valence-electron chi connectivity index (χ1n) is 7.37. The zero-order chi connectivity index (χ0) is 13.5. The third-order valence-corrected chi connectivity index (χ3v) is 4.64. The number of rotatable bonds is 1. The molecule has 1 aliphatic heterocycles. The quantitative estimate of drug-likeness (QED) is 0.732. The van der Waals surface area contributed by atoms with Crippen molar-refractivity contribution in [2.45, 2.75) is 18.8 Å². The van der Waals surface area contributed by atoms with Crippen LogP contribution in [0.4, 0.5) is 0 Å². The zero-order valence-electron chi connectivity index (χ0n) is 11.8. The molecule has 0 bridgehead atoms. The van der Waals surface area contributed by atoms with Crippen molar-refractivity contribution in [2.75, 3.05) is 13.1 Å². The van der Waals surface area contributed by atoms with Gasteiger partial charge < -0.3 is 9.88 Å². The number of piperidine rings is 1. The summed E-state index contributed by atoms with van der Waals surface area (Å²) in [6.07, 6.45) is 6.35. The van der Waals surface area contributed by atoms with Gasteiger partial charge in [-0.1, -0.05) is 6.07 Å². The van der Waals surface area contributed by atoms with Crippen LogP contribution in [0.25, 0.3) is 21.8 Å². The zero-order valence-corrected chi connectivity index (χ0v) is 11.8. The first kappa shape index (κ1) is 11.9. The number of aryl methyl sites for hydroxylation is 1. The van der Waals surface area contributed by atoms with Crippen molar-refractivity contribution in [1.82, 2.24) is 14.9 Å². The van der Waals surface area contributed by atoms with Crippen LogP contribution in [0.15, 0.2) is 36.7 Å². The molecular formula is C17H19N3. The highest BCUT2D eigenvalue weighted by molar-refractivity contribution is 6.07. The van der Waals surface area contributed by atoms with Crippen molar-refractivity contribution in [3.05, 3.63) is 42.2 Å². The second kappa shape index (κ2) is 4.60. The minimum absolute atomic E-state index is 0.701. The van der Waals surface area contributed by atoms with Gasteiger partial charge in [0, 0.05) is 35.7 Å². The van der Waals surface area contributed by atoms with Crippen molar-refractivity contribution >= 4 is 21.8 Å². The maximum Gasteiger partial charge on any atom is 0.0519 e. The van der Waals surface area contributed by atoms with Crippen molar-refractivity contribution in [2.24, 2.45) is 7.05 Å². The van der Waals surface area contributed by atoms with E-state index in [9.17, 15) is 0 Å². The molecule has 0 radical (unpaired) electrons. The molecular weight excluding hydrogens is 246 g/mol. The van der Waals surface area contributed by atoms with E-state index in [1.807, 2.05) is 12.4 Å². The molecule has 3 aromatic rings. The molecule has 102 valence electrons. The lowest BCUT2D eigenvalue weighted by atomic mass is 9.89. The number of aromatic nitrogens is 2. The number of hydrogen-bond acceptors (Lipinski definition) is 2. The van der Waals surface area contributed by atoms with Crippen LogP contribution in [-0.4, -0.2) is 22.6 Å². The molecule has 20 heavy (non-hydrogen) atoms. The molecule has 3 heteroatoms. The first-order valence-corrected chi connectivity index (χ1v) is 7.37. The van der Waals surface area contributed by atoms with Gasteiger partial charge >= 0.3 is 0 Å². The monoisotopic (exact) mass is 265 g/mol. The van der Waals surface area contributed by atoms with E-state index in [0.29, 0.717) is 5.92 Å². The largest absolute Gasteiger partial charge is 0.344 e. The summed E-state index contributed by atoms with van der Waals surface area (Å²) < 4.78 is 2.26. The van der Waals surface area contributed by atoms with E-state index in [-0.39, 0.29) is 0 Å². The lowest BCUT2D eigenvalue weighted by Gasteiger charge is -2.23. The normalized spacial score (nSPS) is 17.1. The number of hydrogen-bond donors (Lipinski definition) is 1. The molecule has 3 heterocycles. The van der Waals surface area contributed by atoms with Gasteiger partial charge in [-0.3, -0.25) is 4.98 Å². The van der Waals surface area contributed by atoms with Crippen molar-refractivity contribution in [3.8, 4) is 0 Å². The van der Waals surface area contributed by atoms with Gasteiger partial charge in [-0.15, -0.1) is 0 Å². The van der Waals surface area contributed by atoms with Gasteiger partial charge in [0.2, 0.25) is 0 Å². The number of nitrogens with zero attached hydrogens (tertiary/aromatic N) is 2. The fourth-order valence-corrected chi connectivity index (χ4v) is 3.49. The number of fused-ring (bicyclic) bond motifs is 3. The highest BCUT2D eigenvalue weighted by atomic mass is 14.9. The summed E-state index contributed by atoms with van der Waals surface area (Å²) in [6, 6.07) is 9.06. The Morgan fingerprint density at radius 3 is 2.75 bits per heavy atom. The molecule has 4 rings (SSSR count). The van der Waals surface area contributed by atoms with Gasteiger partial charge in [0.05, 0.1) is 5.52 Å². The number of pyridine rings is 1. The predicted octanol–water partition coefficient (Wildman–Crippen LogP) is 3.19. The van der Waals surface area contributed by atoms with Gasteiger partial charge in [-0.05, 0) is 55.6 Å². The summed E-state index contributed by atoms with van der Waals surface area (Å²) >= 11 is 0. The summed E-state index contributed by atoms with van der Waals surface area (Å²) in [7, 11) is 2.13. The van der Waals surface area contributed by atoms with Gasteiger partial charge in [0.15, 0.2) is 0 Å². The summed E-state index contributed by atoms with van der Waals surface area (Å²) in [5, 5.41) is 6.05. The Hall–Kier alpha value is -1.87. The molecule has 1 N–H and O–H groups in total. The molecule has 0 amide bonds. The Labute approximate surface area is 118 Å². The van der Waals surface area contributed by atoms with Crippen LogP contribution in [0, 0.1) is 0 Å². The first-order chi connectivity index (χ1) is 9.84. The van der Waals surface area contributed by atoms with E-state index in [1.54, 1.807) is 0 Å². The average Bonchev–Trinajstić information content (AvgIpc) is 2.81. The number of nitrogens with one attached hydrogen (secondary N) is 1. The molecule has 0 atom stereocenters. The van der Waals surface area contributed by atoms with Crippen molar-refractivity contribution in [1.29, 1.82) is 0 Å². The predicted molar refractivity (Wildman–Crippen MR) is 83.1 cm³/mol. The molecule has 0 aliphatic carbocycles. The van der Waals surface area contributed by atoms with Crippen LogP contribution in [0.2, 0.25) is 0 Å². The van der Waals surface area contributed by atoms with E-state index in [4.69, 9.17) is 0 Å². The molecule has 0 saturated carbocycles. The summed E-state index contributed by atoms with van der Waals surface area (Å²) in [5.41, 5.74) is 4.04. The van der Waals surface area contributed by atoms with Gasteiger partial charge in [-0.25, -0.2) is 0 Å². The SMILES string of the molecule is Cn1c2ccncc2c2cc(C3CCNCC3)ccc21. The van der Waals surface area contributed by atoms with Crippen LogP contribution in [0.5, 0.6) is 0 Å².